The van der Waals surface area contributed by atoms with Gasteiger partial charge in [0.25, 0.3) is 0 Å². The fourth-order valence-corrected chi connectivity index (χ4v) is 2.59. The number of carbonyl (C=O) groups excluding carboxylic acids is 2. The predicted molar refractivity (Wildman–Crippen MR) is 99.6 cm³/mol. The molecule has 0 saturated carbocycles. The molecule has 0 atom stereocenters. The Kier molecular flexibility index (Phi) is 7.11. The van der Waals surface area contributed by atoms with E-state index >= 15 is 0 Å². The molecule has 2 aromatic rings. The lowest BCUT2D eigenvalue weighted by Gasteiger charge is -2.10. The Balaban J connectivity index is 1.84. The van der Waals surface area contributed by atoms with E-state index in [2.05, 4.69) is 15.6 Å². The second-order valence-electron chi connectivity index (χ2n) is 5.03. The lowest BCUT2D eigenvalue weighted by molar-refractivity contribution is -0.119. The van der Waals surface area contributed by atoms with Gasteiger partial charge in [-0.15, -0.1) is 0 Å². The summed E-state index contributed by atoms with van der Waals surface area (Å²) in [6.45, 7) is 2.37. The highest BCUT2D eigenvalue weighted by Gasteiger charge is 2.11. The Hall–Kier alpha value is -2.23. The van der Waals surface area contributed by atoms with E-state index in [1.807, 2.05) is 22.6 Å². The smallest absolute Gasteiger partial charge is 0.339 e. The molecule has 1 heterocycles. The van der Waals surface area contributed by atoms with Gasteiger partial charge in [0.15, 0.2) is 0 Å². The zero-order valence-corrected chi connectivity index (χ0v) is 15.7. The molecule has 1 amide bonds. The Morgan fingerprint density at radius 3 is 2.64 bits per heavy atom. The summed E-state index contributed by atoms with van der Waals surface area (Å²) in [5.41, 5.74) is 1.17. The summed E-state index contributed by atoms with van der Waals surface area (Å²) in [5, 5.41) is 5.64. The van der Waals surface area contributed by atoms with E-state index in [1.54, 1.807) is 25.1 Å². The number of esters is 1. The molecule has 0 aliphatic heterocycles. The van der Waals surface area contributed by atoms with Crippen molar-refractivity contribution >= 4 is 40.3 Å². The first-order valence-electron chi connectivity index (χ1n) is 7.57. The number of carbonyl (C=O) groups is 2. The summed E-state index contributed by atoms with van der Waals surface area (Å²) < 4.78 is 18.4. The lowest BCUT2D eigenvalue weighted by Crippen LogP contribution is -2.29. The van der Waals surface area contributed by atoms with Crippen molar-refractivity contribution in [2.75, 3.05) is 18.5 Å². The van der Waals surface area contributed by atoms with E-state index in [4.69, 9.17) is 4.74 Å². The largest absolute Gasteiger partial charge is 0.462 e. The first kappa shape index (κ1) is 19.1. The monoisotopic (exact) mass is 457 g/mol. The molecule has 1 aromatic heterocycles. The van der Waals surface area contributed by atoms with Gasteiger partial charge in [-0.2, -0.15) is 0 Å². The fourth-order valence-electron chi connectivity index (χ4n) is 1.92. The number of pyridine rings is 1. The molecule has 0 bridgehead atoms. The molecule has 0 aliphatic carbocycles. The van der Waals surface area contributed by atoms with Crippen LogP contribution in [-0.4, -0.2) is 30.0 Å². The van der Waals surface area contributed by atoms with Gasteiger partial charge in [0.1, 0.15) is 11.6 Å². The summed E-state index contributed by atoms with van der Waals surface area (Å²) in [4.78, 5) is 27.7. The zero-order valence-electron chi connectivity index (χ0n) is 13.5. The summed E-state index contributed by atoms with van der Waals surface area (Å²) in [6, 6.07) is 7.56. The number of nitrogens with zero attached hydrogens (tertiary/aromatic N) is 1. The van der Waals surface area contributed by atoms with Crippen LogP contribution in [0.2, 0.25) is 0 Å². The molecule has 2 rings (SSSR count). The number of amides is 1. The Morgan fingerprint density at radius 2 is 2.00 bits per heavy atom. The Morgan fingerprint density at radius 1 is 1.28 bits per heavy atom. The third-order valence-corrected chi connectivity index (χ3v) is 3.99. The van der Waals surface area contributed by atoms with Gasteiger partial charge in [-0.25, -0.2) is 14.2 Å². The quantitative estimate of drug-likeness (QED) is 0.494. The van der Waals surface area contributed by atoms with Crippen LogP contribution in [0.4, 0.5) is 10.2 Å². The second-order valence-corrected chi connectivity index (χ2v) is 6.19. The molecule has 0 fully saturated rings. The maximum Gasteiger partial charge on any atom is 0.339 e. The number of aromatic nitrogens is 1. The summed E-state index contributed by atoms with van der Waals surface area (Å²) in [6.07, 6.45) is 1.40. The Labute approximate surface area is 158 Å². The predicted octanol–water partition coefficient (Wildman–Crippen LogP) is 2.73. The first-order valence-corrected chi connectivity index (χ1v) is 8.65. The second kappa shape index (κ2) is 9.30. The number of ether oxygens (including phenoxy) is 1. The van der Waals surface area contributed by atoms with Gasteiger partial charge in [-0.3, -0.25) is 4.79 Å². The summed E-state index contributed by atoms with van der Waals surface area (Å²) in [7, 11) is 0. The van der Waals surface area contributed by atoms with E-state index in [9.17, 15) is 14.0 Å². The number of rotatable bonds is 7. The molecule has 0 unspecified atom stereocenters. The molecule has 1 aromatic carbocycles. The lowest BCUT2D eigenvalue weighted by atomic mass is 10.2. The molecule has 0 radical (unpaired) electrons. The standard InChI is InChI=1S/C17H17FIN3O3/c1-2-25-17(24)12-7-14(19)16(21-9-12)22-10-15(23)20-8-11-3-5-13(18)6-4-11/h3-7,9H,2,8,10H2,1H3,(H,20,23)(H,21,22). The average molecular weight is 457 g/mol. The Bertz CT molecular complexity index is 753. The molecule has 0 aliphatic rings. The minimum atomic E-state index is -0.434. The minimum Gasteiger partial charge on any atom is -0.462 e. The van der Waals surface area contributed by atoms with Crippen molar-refractivity contribution in [3.05, 3.63) is 57.0 Å². The zero-order chi connectivity index (χ0) is 18.2. The summed E-state index contributed by atoms with van der Waals surface area (Å²) >= 11 is 2.03. The van der Waals surface area contributed by atoms with Crippen molar-refractivity contribution in [3.8, 4) is 0 Å². The summed E-state index contributed by atoms with van der Waals surface area (Å²) in [5.74, 6) is -0.470. The van der Waals surface area contributed by atoms with E-state index in [-0.39, 0.29) is 18.3 Å². The van der Waals surface area contributed by atoms with Crippen molar-refractivity contribution in [1.82, 2.24) is 10.3 Å². The normalized spacial score (nSPS) is 10.2. The van der Waals surface area contributed by atoms with Crippen LogP contribution in [0.3, 0.4) is 0 Å². The maximum atomic E-state index is 12.8. The van der Waals surface area contributed by atoms with Gasteiger partial charge in [-0.05, 0) is 53.3 Å². The molecule has 0 spiro atoms. The van der Waals surface area contributed by atoms with Crippen molar-refractivity contribution in [2.45, 2.75) is 13.5 Å². The fraction of sp³-hybridized carbons (Fsp3) is 0.235. The number of nitrogens with one attached hydrogen (secondary N) is 2. The van der Waals surface area contributed by atoms with Crippen LogP contribution in [0.1, 0.15) is 22.8 Å². The van der Waals surface area contributed by atoms with Crippen molar-refractivity contribution < 1.29 is 18.7 Å². The molecule has 2 N–H and O–H groups in total. The molecule has 8 heteroatoms. The van der Waals surface area contributed by atoms with Crippen LogP contribution < -0.4 is 10.6 Å². The van der Waals surface area contributed by atoms with Gasteiger partial charge in [0.2, 0.25) is 5.91 Å². The van der Waals surface area contributed by atoms with Crippen LogP contribution in [0, 0.1) is 9.39 Å². The topological polar surface area (TPSA) is 80.3 Å². The van der Waals surface area contributed by atoms with Crippen LogP contribution in [0.25, 0.3) is 0 Å². The van der Waals surface area contributed by atoms with Gasteiger partial charge < -0.3 is 15.4 Å². The number of hydrogen-bond donors (Lipinski definition) is 2. The highest BCUT2D eigenvalue weighted by Crippen LogP contribution is 2.17. The maximum absolute atomic E-state index is 12.8. The van der Waals surface area contributed by atoms with E-state index in [0.29, 0.717) is 28.1 Å². The highest BCUT2D eigenvalue weighted by molar-refractivity contribution is 14.1. The van der Waals surface area contributed by atoms with Gasteiger partial charge >= 0.3 is 5.97 Å². The first-order chi connectivity index (χ1) is 12.0. The van der Waals surface area contributed by atoms with Crippen molar-refractivity contribution in [2.24, 2.45) is 0 Å². The van der Waals surface area contributed by atoms with Gasteiger partial charge in [0.05, 0.1) is 22.3 Å². The molecule has 6 nitrogen and oxygen atoms in total. The molecular formula is C17H17FIN3O3. The number of benzene rings is 1. The van der Waals surface area contributed by atoms with Crippen LogP contribution in [0.15, 0.2) is 36.5 Å². The highest BCUT2D eigenvalue weighted by atomic mass is 127. The number of hydrogen-bond acceptors (Lipinski definition) is 5. The third kappa shape index (κ3) is 5.96. The van der Waals surface area contributed by atoms with E-state index in [1.165, 1.54) is 18.3 Å². The van der Waals surface area contributed by atoms with Crippen LogP contribution >= 0.6 is 22.6 Å². The van der Waals surface area contributed by atoms with Crippen molar-refractivity contribution in [1.29, 1.82) is 0 Å². The molecular weight excluding hydrogens is 440 g/mol. The van der Waals surface area contributed by atoms with E-state index in [0.717, 1.165) is 5.56 Å². The van der Waals surface area contributed by atoms with Gasteiger partial charge in [0, 0.05) is 12.7 Å². The number of anilines is 1. The third-order valence-electron chi connectivity index (χ3n) is 3.17. The van der Waals surface area contributed by atoms with Crippen molar-refractivity contribution in [3.63, 3.8) is 0 Å². The van der Waals surface area contributed by atoms with Crippen LogP contribution in [0.5, 0.6) is 0 Å². The number of halogens is 2. The minimum absolute atomic E-state index is 0.0307. The molecule has 0 saturated heterocycles. The SMILES string of the molecule is CCOC(=O)c1cnc(NCC(=O)NCc2ccc(F)cc2)c(I)c1. The van der Waals surface area contributed by atoms with Gasteiger partial charge in [-0.1, -0.05) is 12.1 Å². The van der Waals surface area contributed by atoms with E-state index < -0.39 is 5.97 Å². The molecule has 25 heavy (non-hydrogen) atoms. The van der Waals surface area contributed by atoms with Crippen LogP contribution in [-0.2, 0) is 16.1 Å². The molecule has 132 valence electrons. The average Bonchev–Trinajstić information content (AvgIpc) is 2.60.